The normalized spacial score (nSPS) is 19.8. The van der Waals surface area contributed by atoms with Crippen LogP contribution in [0.25, 0.3) is 0 Å². The van der Waals surface area contributed by atoms with Crippen LogP contribution in [0.4, 0.5) is 4.39 Å². The van der Waals surface area contributed by atoms with Crippen molar-refractivity contribution in [3.8, 4) is 0 Å². The van der Waals surface area contributed by atoms with E-state index in [9.17, 15) is 12.8 Å². The van der Waals surface area contributed by atoms with Crippen molar-refractivity contribution in [2.24, 2.45) is 5.92 Å². The van der Waals surface area contributed by atoms with Gasteiger partial charge in [0.15, 0.2) is 0 Å². The summed E-state index contributed by atoms with van der Waals surface area (Å²) in [4.78, 5) is 2.58. The molecule has 5 nitrogen and oxygen atoms in total. The van der Waals surface area contributed by atoms with E-state index in [0.717, 1.165) is 52.1 Å². The lowest BCUT2D eigenvalue weighted by Gasteiger charge is -2.31. The quantitative estimate of drug-likeness (QED) is 0.703. The van der Waals surface area contributed by atoms with E-state index in [1.807, 2.05) is 0 Å². The Morgan fingerprint density at radius 2 is 1.47 bits per heavy atom. The molecule has 0 spiro atoms. The van der Waals surface area contributed by atoms with E-state index in [0.29, 0.717) is 19.0 Å². The van der Waals surface area contributed by atoms with Crippen LogP contribution < -0.4 is 0 Å². The van der Waals surface area contributed by atoms with Gasteiger partial charge in [0.05, 0.1) is 18.1 Å². The van der Waals surface area contributed by atoms with Crippen molar-refractivity contribution in [2.45, 2.75) is 30.7 Å². The average molecular weight is 433 g/mol. The Labute approximate surface area is 178 Å². The molecule has 30 heavy (non-hydrogen) atoms. The maximum atomic E-state index is 13.1. The third-order valence-electron chi connectivity index (χ3n) is 6.08. The van der Waals surface area contributed by atoms with Gasteiger partial charge in [-0.1, -0.05) is 24.3 Å². The number of sulfonamides is 1. The highest BCUT2D eigenvalue weighted by Crippen LogP contribution is 2.26. The standard InChI is InChI=1S/C23H29FN2O3S/c24-22-5-7-23(8-6-22)30(27,28)26-11-9-20(10-12-26)17-19-1-3-21(4-2-19)18-25-13-15-29-16-14-25/h1-8,20H,9-18H2. The second-order valence-electron chi connectivity index (χ2n) is 8.21. The van der Waals surface area contributed by atoms with Gasteiger partial charge in [-0.05, 0) is 60.6 Å². The Morgan fingerprint density at radius 3 is 2.10 bits per heavy atom. The molecule has 2 fully saturated rings. The predicted molar refractivity (Wildman–Crippen MR) is 114 cm³/mol. The summed E-state index contributed by atoms with van der Waals surface area (Å²) in [5, 5.41) is 0. The van der Waals surface area contributed by atoms with Crippen LogP contribution in [0.1, 0.15) is 24.0 Å². The molecule has 2 aromatic rings. The maximum Gasteiger partial charge on any atom is 0.243 e. The topological polar surface area (TPSA) is 49.9 Å². The van der Waals surface area contributed by atoms with Gasteiger partial charge in [-0.2, -0.15) is 4.31 Å². The maximum absolute atomic E-state index is 13.1. The smallest absolute Gasteiger partial charge is 0.243 e. The van der Waals surface area contributed by atoms with Gasteiger partial charge in [0.2, 0.25) is 10.0 Å². The fourth-order valence-electron chi connectivity index (χ4n) is 4.24. The van der Waals surface area contributed by atoms with Gasteiger partial charge in [-0.15, -0.1) is 0 Å². The Kier molecular flexibility index (Phi) is 6.83. The van der Waals surface area contributed by atoms with Crippen LogP contribution in [0, 0.1) is 11.7 Å². The van der Waals surface area contributed by atoms with Crippen LogP contribution in [-0.2, 0) is 27.7 Å². The van der Waals surface area contributed by atoms with E-state index < -0.39 is 15.8 Å². The van der Waals surface area contributed by atoms with E-state index >= 15 is 0 Å². The molecular weight excluding hydrogens is 403 g/mol. The van der Waals surface area contributed by atoms with Crippen molar-refractivity contribution in [3.05, 3.63) is 65.5 Å². The van der Waals surface area contributed by atoms with Crippen molar-refractivity contribution in [3.63, 3.8) is 0 Å². The molecule has 0 amide bonds. The first-order valence-electron chi connectivity index (χ1n) is 10.6. The second kappa shape index (κ2) is 9.56. The molecule has 0 bridgehead atoms. The van der Waals surface area contributed by atoms with Gasteiger partial charge in [0.25, 0.3) is 0 Å². The number of hydrogen-bond acceptors (Lipinski definition) is 4. The summed E-state index contributed by atoms with van der Waals surface area (Å²) in [6.45, 7) is 5.59. The first-order valence-corrected chi connectivity index (χ1v) is 12.1. The number of ether oxygens (including phenoxy) is 1. The molecule has 0 atom stereocenters. The molecule has 2 aromatic carbocycles. The Balaban J connectivity index is 1.28. The highest BCUT2D eigenvalue weighted by Gasteiger charge is 2.29. The molecule has 4 rings (SSSR count). The molecule has 0 unspecified atom stereocenters. The first kappa shape index (κ1) is 21.4. The number of hydrogen-bond donors (Lipinski definition) is 0. The molecule has 0 N–H and O–H groups in total. The molecule has 0 aliphatic carbocycles. The fourth-order valence-corrected chi connectivity index (χ4v) is 5.71. The summed E-state index contributed by atoms with van der Waals surface area (Å²) in [5.74, 6) is 0.0541. The second-order valence-corrected chi connectivity index (χ2v) is 10.1. The Morgan fingerprint density at radius 1 is 0.867 bits per heavy atom. The summed E-state index contributed by atoms with van der Waals surface area (Å²) in [7, 11) is -3.54. The van der Waals surface area contributed by atoms with Gasteiger partial charge >= 0.3 is 0 Å². The van der Waals surface area contributed by atoms with Crippen molar-refractivity contribution in [2.75, 3.05) is 39.4 Å². The Hall–Kier alpha value is -1.80. The molecular formula is C23H29FN2O3S. The minimum Gasteiger partial charge on any atom is -0.379 e. The fraction of sp³-hybridized carbons (Fsp3) is 0.478. The number of nitrogens with zero attached hydrogens (tertiary/aromatic N) is 2. The molecule has 0 aromatic heterocycles. The van der Waals surface area contributed by atoms with Gasteiger partial charge in [0.1, 0.15) is 5.82 Å². The van der Waals surface area contributed by atoms with Gasteiger partial charge in [0, 0.05) is 32.7 Å². The van der Waals surface area contributed by atoms with Crippen LogP contribution in [-0.4, -0.2) is 57.0 Å². The largest absolute Gasteiger partial charge is 0.379 e. The number of morpholine rings is 1. The average Bonchev–Trinajstić information content (AvgIpc) is 2.77. The minimum atomic E-state index is -3.54. The lowest BCUT2D eigenvalue weighted by molar-refractivity contribution is 0.0342. The van der Waals surface area contributed by atoms with Crippen LogP contribution in [0.3, 0.4) is 0 Å². The third-order valence-corrected chi connectivity index (χ3v) is 8.00. The van der Waals surface area contributed by atoms with Crippen LogP contribution in [0.5, 0.6) is 0 Å². The van der Waals surface area contributed by atoms with E-state index in [2.05, 4.69) is 29.2 Å². The van der Waals surface area contributed by atoms with Crippen molar-refractivity contribution in [1.82, 2.24) is 9.21 Å². The summed E-state index contributed by atoms with van der Waals surface area (Å²) >= 11 is 0. The Bertz CT molecular complexity index is 918. The minimum absolute atomic E-state index is 0.165. The number of halogens is 1. The van der Waals surface area contributed by atoms with Gasteiger partial charge in [-0.3, -0.25) is 4.90 Å². The summed E-state index contributed by atoms with van der Waals surface area (Å²) < 4.78 is 45.5. The van der Waals surface area contributed by atoms with Gasteiger partial charge < -0.3 is 4.74 Å². The van der Waals surface area contributed by atoms with Crippen LogP contribution in [0.2, 0.25) is 0 Å². The zero-order valence-corrected chi connectivity index (χ0v) is 18.0. The molecule has 7 heteroatoms. The predicted octanol–water partition coefficient (Wildman–Crippen LogP) is 3.30. The van der Waals surface area contributed by atoms with E-state index in [1.165, 1.54) is 39.7 Å². The zero-order valence-electron chi connectivity index (χ0n) is 17.2. The molecule has 2 aliphatic heterocycles. The van der Waals surface area contributed by atoms with E-state index in [1.54, 1.807) is 0 Å². The third kappa shape index (κ3) is 5.27. The van der Waals surface area contributed by atoms with E-state index in [4.69, 9.17) is 4.74 Å². The zero-order chi connectivity index (χ0) is 21.0. The lowest BCUT2D eigenvalue weighted by Crippen LogP contribution is -2.38. The summed E-state index contributed by atoms with van der Waals surface area (Å²) in [6.07, 6.45) is 2.66. The van der Waals surface area contributed by atoms with Gasteiger partial charge in [-0.25, -0.2) is 12.8 Å². The van der Waals surface area contributed by atoms with Crippen molar-refractivity contribution >= 4 is 10.0 Å². The molecule has 0 saturated carbocycles. The molecule has 2 aliphatic rings. The number of piperidine rings is 1. The molecule has 2 saturated heterocycles. The van der Waals surface area contributed by atoms with Crippen LogP contribution in [0.15, 0.2) is 53.4 Å². The molecule has 162 valence electrons. The number of benzene rings is 2. The highest BCUT2D eigenvalue weighted by molar-refractivity contribution is 7.89. The van der Waals surface area contributed by atoms with Crippen LogP contribution >= 0.6 is 0 Å². The number of rotatable bonds is 6. The van der Waals surface area contributed by atoms with E-state index in [-0.39, 0.29) is 4.90 Å². The SMILES string of the molecule is O=S(=O)(c1ccc(F)cc1)N1CCC(Cc2ccc(CN3CCOCC3)cc2)CC1. The lowest BCUT2D eigenvalue weighted by atomic mass is 9.91. The first-order chi connectivity index (χ1) is 14.5. The van der Waals surface area contributed by atoms with Crippen molar-refractivity contribution < 1.29 is 17.5 Å². The monoisotopic (exact) mass is 432 g/mol. The molecule has 2 heterocycles. The summed E-state index contributed by atoms with van der Waals surface area (Å²) in [5.41, 5.74) is 2.63. The summed E-state index contributed by atoms with van der Waals surface area (Å²) in [6, 6.07) is 13.9. The van der Waals surface area contributed by atoms with Crippen molar-refractivity contribution in [1.29, 1.82) is 0 Å². The molecule has 0 radical (unpaired) electrons. The highest BCUT2D eigenvalue weighted by atomic mass is 32.2.